The molecule has 94 heavy (non-hydrogen) atoms. The zero-order valence-corrected chi connectivity index (χ0v) is 50.5. The van der Waals surface area contributed by atoms with E-state index in [0.29, 0.717) is 0 Å². The van der Waals surface area contributed by atoms with Crippen LogP contribution in [-0.4, -0.2) is 407 Å². The minimum absolute atomic E-state index is 0.262. The van der Waals surface area contributed by atoms with Crippen molar-refractivity contribution in [2.45, 2.75) is 242 Å². The maximum absolute atomic E-state index is 12.9. The van der Waals surface area contributed by atoms with Gasteiger partial charge >= 0.3 is 0 Å². The summed E-state index contributed by atoms with van der Waals surface area (Å²) in [5, 5.41) is 228. The van der Waals surface area contributed by atoms with Gasteiger partial charge in [0, 0.05) is 20.8 Å². The van der Waals surface area contributed by atoms with Gasteiger partial charge in [0.1, 0.15) is 171 Å². The summed E-state index contributed by atoms with van der Waals surface area (Å²) in [7, 11) is 0. The molecule has 7 heterocycles. The molecule has 0 unspecified atom stereocenters. The number of rotatable bonds is 28. The molecular formula is C52H88N4O38. The topological polar surface area (TPSA) is 650 Å². The van der Waals surface area contributed by atoms with E-state index in [1.807, 2.05) is 0 Å². The van der Waals surface area contributed by atoms with Crippen molar-refractivity contribution in [3.63, 3.8) is 0 Å². The smallest absolute Gasteiger partial charge is 0.217 e. The van der Waals surface area contributed by atoms with Crippen LogP contribution in [0.1, 0.15) is 20.8 Å². The minimum atomic E-state index is -2.36. The van der Waals surface area contributed by atoms with Crippen LogP contribution < -0.4 is 21.3 Å². The molecule has 0 saturated carbocycles. The molecule has 0 aromatic carbocycles. The number of hydrogen-bond donors (Lipinski definition) is 24. The van der Waals surface area contributed by atoms with E-state index < -0.39 is 298 Å². The van der Waals surface area contributed by atoms with Gasteiger partial charge in [-0.3, -0.25) is 19.2 Å². The highest BCUT2D eigenvalue weighted by molar-refractivity contribution is 5.74. The second kappa shape index (κ2) is 35.0. The highest BCUT2D eigenvalue weighted by Crippen LogP contribution is 2.38. The fourth-order valence-electron chi connectivity index (χ4n) is 11.7. The van der Waals surface area contributed by atoms with Gasteiger partial charge in [-0.15, -0.1) is 0 Å². The number of hydrogen-bond acceptors (Lipinski definition) is 38. The van der Waals surface area contributed by atoms with Gasteiger partial charge in [-0.2, -0.15) is 0 Å². The third-order valence-corrected chi connectivity index (χ3v) is 16.7. The Balaban J connectivity index is 1.15. The molecule has 42 nitrogen and oxygen atoms in total. The lowest BCUT2D eigenvalue weighted by Gasteiger charge is -2.51. The van der Waals surface area contributed by atoms with Crippen molar-refractivity contribution in [2.75, 3.05) is 59.5 Å². The fourth-order valence-corrected chi connectivity index (χ4v) is 11.7. The number of ether oxygens (including phenoxy) is 14. The maximum Gasteiger partial charge on any atom is 0.217 e. The van der Waals surface area contributed by atoms with Gasteiger partial charge in [0.2, 0.25) is 24.1 Å². The zero-order valence-electron chi connectivity index (χ0n) is 50.5. The first kappa shape index (κ1) is 77.9. The van der Waals surface area contributed by atoms with Gasteiger partial charge in [0.25, 0.3) is 0 Å². The van der Waals surface area contributed by atoms with Crippen LogP contribution in [0.2, 0.25) is 0 Å². The molecule has 0 radical (unpaired) electrons. The standard InChI is InChI=1S/C52H88N4O38/c1-14(65)54-25-32(72)28(68)18(5-58)83-47(25)94-45-31(71)24(12-82-46-26(55-15(2)66)33(73)41(21(8-61)86-46)90-50-37(77)35(75)29(69)19(6-59)84-50)89-52(40(45)80)91-42-22(9-62)87-48(27(34(42)74)56-16(3)67)93-44-30(70)20(7-60)85-51(39(44)79)92-43-23(10-63)88-49(38(78)36(43)76)81-11-17(4-57)53-13-64/h13,17-52,57-63,68-80H,4-12H2,1-3H3,(H,53,64)(H,54,65)(H,55,66)(H,56,67)/t17-,18-,19-,20-,21-,22-,23-,24-,25-,26-,27-,28-,29+,30+,31+,32-,33-,34-,35+,36-,37-,38-,39-,40-,41-,42-,43-,44+,45+,46-,47+,48+,49-,50+,51+,52+/m1/s1. The summed E-state index contributed by atoms with van der Waals surface area (Å²) in [6.45, 7) is -5.18. The molecule has 7 aliphatic heterocycles. The molecule has 36 atom stereocenters. The predicted octanol–water partition coefficient (Wildman–Crippen LogP) is -16.7. The highest BCUT2D eigenvalue weighted by Gasteiger charge is 2.59. The Morgan fingerprint density at radius 2 is 0.681 bits per heavy atom. The van der Waals surface area contributed by atoms with Crippen LogP contribution in [0, 0.1) is 0 Å². The average Bonchev–Trinajstić information content (AvgIpc) is 0.782. The number of nitrogens with one attached hydrogen (secondary N) is 4. The van der Waals surface area contributed by atoms with Crippen molar-refractivity contribution in [3.8, 4) is 0 Å². The van der Waals surface area contributed by atoms with Gasteiger partial charge in [-0.25, -0.2) is 0 Å². The first-order valence-corrected chi connectivity index (χ1v) is 29.8. The number of amides is 4. The summed E-state index contributed by atoms with van der Waals surface area (Å²) in [6, 6.07) is -6.39. The SMILES string of the molecule is CC(=O)N[C@H]1[C@H](OC[C@H]2O[C@@H](O[C@H]3[C@H](O)[C@@H](NC(C)=O)[C@H](O[C@H]4[C@@H](O)[C@@H](CO)O[C@@H](O[C@H]5[C@H](O)[C@@H](O)[C@H](OC[C@@H](CO)NC=O)O[C@@H]5CO)[C@@H]4O)O[C@@H]3CO)[C@H](O)[C@@H](O[C@@H]3O[C@H](CO)[C@@H](O)[C@H](O)[C@H]3NC(C)=O)[C@H]2O)O[C@H](CO)[C@@H](O[C@@H]2O[C@H](CO)[C@H](O)[C@H](O)[C@H]2O)[C@@H]1O. The normalized spacial score (nSPS) is 46.4. The highest BCUT2D eigenvalue weighted by atomic mass is 16.8. The molecule has 0 aromatic rings. The van der Waals surface area contributed by atoms with Gasteiger partial charge in [0.15, 0.2) is 44.0 Å². The molecule has 0 spiro atoms. The lowest BCUT2D eigenvalue weighted by atomic mass is 9.94. The number of aliphatic hydroxyl groups excluding tert-OH is 20. The van der Waals surface area contributed by atoms with Crippen LogP contribution >= 0.6 is 0 Å². The molecule has 0 bridgehead atoms. The lowest BCUT2D eigenvalue weighted by Crippen LogP contribution is -2.70. The lowest BCUT2D eigenvalue weighted by molar-refractivity contribution is -0.387. The van der Waals surface area contributed by atoms with Crippen LogP contribution in [-0.2, 0) is 85.5 Å². The van der Waals surface area contributed by atoms with E-state index in [4.69, 9.17) is 66.3 Å². The van der Waals surface area contributed by atoms with Gasteiger partial charge in [0.05, 0.1) is 65.5 Å². The summed E-state index contributed by atoms with van der Waals surface area (Å²) in [5.41, 5.74) is 0. The van der Waals surface area contributed by atoms with Crippen LogP contribution in [0.3, 0.4) is 0 Å². The van der Waals surface area contributed by atoms with Crippen molar-refractivity contribution in [2.24, 2.45) is 0 Å². The summed E-state index contributed by atoms with van der Waals surface area (Å²) in [4.78, 5) is 48.9. The van der Waals surface area contributed by atoms with Crippen LogP contribution in [0.4, 0.5) is 0 Å². The summed E-state index contributed by atoms with van der Waals surface area (Å²) >= 11 is 0. The molecule has 7 saturated heterocycles. The third-order valence-electron chi connectivity index (χ3n) is 16.7. The summed E-state index contributed by atoms with van der Waals surface area (Å²) in [5.74, 6) is -2.62. The molecule has 42 heteroatoms. The molecule has 7 fully saturated rings. The van der Waals surface area contributed by atoms with E-state index in [0.717, 1.165) is 20.8 Å². The first-order chi connectivity index (χ1) is 44.6. The van der Waals surface area contributed by atoms with Crippen molar-refractivity contribution in [3.05, 3.63) is 0 Å². The van der Waals surface area contributed by atoms with E-state index in [1.165, 1.54) is 0 Å². The van der Waals surface area contributed by atoms with Crippen molar-refractivity contribution < 1.29 is 188 Å². The molecule has 0 aromatic heterocycles. The van der Waals surface area contributed by atoms with Crippen molar-refractivity contribution in [1.82, 2.24) is 21.3 Å². The van der Waals surface area contributed by atoms with E-state index in [-0.39, 0.29) is 6.41 Å². The van der Waals surface area contributed by atoms with Crippen molar-refractivity contribution >= 4 is 24.1 Å². The molecular weight excluding hydrogens is 1290 g/mol. The van der Waals surface area contributed by atoms with Gasteiger partial charge < -0.3 is 190 Å². The second-order valence-corrected chi connectivity index (χ2v) is 23.3. The second-order valence-electron chi connectivity index (χ2n) is 23.3. The van der Waals surface area contributed by atoms with E-state index in [2.05, 4.69) is 21.3 Å². The third kappa shape index (κ3) is 17.7. The Morgan fingerprint density at radius 3 is 1.12 bits per heavy atom. The average molecular weight is 1380 g/mol. The van der Waals surface area contributed by atoms with E-state index in [9.17, 15) is 121 Å². The largest absolute Gasteiger partial charge is 0.394 e. The Morgan fingerprint density at radius 1 is 0.351 bits per heavy atom. The predicted molar refractivity (Wildman–Crippen MR) is 290 cm³/mol. The van der Waals surface area contributed by atoms with Crippen LogP contribution in [0.5, 0.6) is 0 Å². The Bertz CT molecular complexity index is 2370. The quantitative estimate of drug-likeness (QED) is 0.0324. The van der Waals surface area contributed by atoms with E-state index >= 15 is 0 Å². The molecule has 0 aliphatic carbocycles. The summed E-state index contributed by atoms with van der Waals surface area (Å²) < 4.78 is 81.5. The number of aliphatic hydroxyl groups is 20. The summed E-state index contributed by atoms with van der Waals surface area (Å²) in [6.07, 6.45) is -62.4. The molecule has 24 N–H and O–H groups in total. The van der Waals surface area contributed by atoms with Crippen LogP contribution in [0.15, 0.2) is 0 Å². The van der Waals surface area contributed by atoms with Crippen molar-refractivity contribution in [1.29, 1.82) is 0 Å². The Kier molecular flexibility index (Phi) is 29.0. The Labute approximate surface area is 533 Å². The first-order valence-electron chi connectivity index (χ1n) is 29.8. The molecule has 544 valence electrons. The Hall–Kier alpha value is -3.48. The molecule has 4 amide bonds. The zero-order chi connectivity index (χ0) is 69.3. The molecule has 7 aliphatic rings. The molecule has 7 rings (SSSR count). The number of carbonyl (C=O) groups is 4. The monoisotopic (exact) mass is 1380 g/mol. The minimum Gasteiger partial charge on any atom is -0.394 e. The van der Waals surface area contributed by atoms with Crippen LogP contribution in [0.25, 0.3) is 0 Å². The van der Waals surface area contributed by atoms with E-state index in [1.54, 1.807) is 0 Å². The fraction of sp³-hybridized carbons (Fsp3) is 0.923. The van der Waals surface area contributed by atoms with Gasteiger partial charge in [-0.05, 0) is 0 Å². The number of carbonyl (C=O) groups excluding carboxylic acids is 4. The maximum atomic E-state index is 12.9. The van der Waals surface area contributed by atoms with Gasteiger partial charge in [-0.1, -0.05) is 0 Å².